The van der Waals surface area contributed by atoms with Gasteiger partial charge in [-0.05, 0) is 68.4 Å². The summed E-state index contributed by atoms with van der Waals surface area (Å²) >= 11 is 2.47. The van der Waals surface area contributed by atoms with Crippen molar-refractivity contribution in [3.8, 4) is 0 Å². The van der Waals surface area contributed by atoms with E-state index in [-0.39, 0.29) is 17.7 Å². The molecular weight excluding hydrogens is 588 g/mol. The lowest BCUT2D eigenvalue weighted by molar-refractivity contribution is -0.138. The highest BCUT2D eigenvalue weighted by atomic mass is 32.2. The summed E-state index contributed by atoms with van der Waals surface area (Å²) in [6, 6.07) is 19.5. The van der Waals surface area contributed by atoms with Crippen LogP contribution in [0.5, 0.6) is 0 Å². The molecule has 43 heavy (non-hydrogen) atoms. The SMILES string of the molecule is CCOC(=O)C1=C(c2ccccc2)N=c2s/c(=C/c3ccc(Sc4nc(C)cc(C)n4)o3)c(=O)n2[C@@H]1c1ccc(F)cc1. The van der Waals surface area contributed by atoms with Crippen molar-refractivity contribution in [3.63, 3.8) is 0 Å². The summed E-state index contributed by atoms with van der Waals surface area (Å²) < 4.78 is 27.2. The Bertz CT molecular complexity index is 2030. The Kier molecular flexibility index (Phi) is 7.92. The van der Waals surface area contributed by atoms with E-state index in [4.69, 9.17) is 14.1 Å². The van der Waals surface area contributed by atoms with Gasteiger partial charge in [-0.2, -0.15) is 0 Å². The highest BCUT2D eigenvalue weighted by Gasteiger charge is 2.35. The molecule has 216 valence electrons. The number of carbonyl (C=O) groups excluding carboxylic acids is 1. The van der Waals surface area contributed by atoms with E-state index in [0.717, 1.165) is 11.4 Å². The van der Waals surface area contributed by atoms with Gasteiger partial charge in [-0.3, -0.25) is 9.36 Å². The fourth-order valence-electron chi connectivity index (χ4n) is 4.83. The van der Waals surface area contributed by atoms with Crippen LogP contribution in [0.25, 0.3) is 11.8 Å². The zero-order chi connectivity index (χ0) is 30.1. The van der Waals surface area contributed by atoms with E-state index in [1.165, 1.54) is 39.8 Å². The van der Waals surface area contributed by atoms with Crippen LogP contribution in [0, 0.1) is 19.7 Å². The van der Waals surface area contributed by atoms with Gasteiger partial charge in [-0.15, -0.1) is 0 Å². The summed E-state index contributed by atoms with van der Waals surface area (Å²) in [7, 11) is 0. The molecule has 0 fully saturated rings. The molecule has 6 rings (SSSR count). The summed E-state index contributed by atoms with van der Waals surface area (Å²) in [5.74, 6) is -0.572. The van der Waals surface area contributed by atoms with E-state index in [0.29, 0.717) is 42.2 Å². The van der Waals surface area contributed by atoms with Gasteiger partial charge in [-0.25, -0.2) is 24.1 Å². The maximum atomic E-state index is 14.0. The van der Waals surface area contributed by atoms with E-state index in [2.05, 4.69) is 9.97 Å². The molecule has 4 heterocycles. The third-order valence-corrected chi connectivity index (χ3v) is 8.36. The van der Waals surface area contributed by atoms with Crippen LogP contribution in [0.4, 0.5) is 4.39 Å². The van der Waals surface area contributed by atoms with Crippen LogP contribution in [0.1, 0.15) is 41.2 Å². The molecule has 0 radical (unpaired) electrons. The summed E-state index contributed by atoms with van der Waals surface area (Å²) in [6.07, 6.45) is 1.65. The number of fused-ring (bicyclic) bond motifs is 1. The molecule has 0 saturated carbocycles. The van der Waals surface area contributed by atoms with Crippen LogP contribution in [0.3, 0.4) is 0 Å². The van der Waals surface area contributed by atoms with Gasteiger partial charge in [0.15, 0.2) is 15.1 Å². The van der Waals surface area contributed by atoms with Crippen molar-refractivity contribution >= 4 is 40.8 Å². The molecule has 8 nitrogen and oxygen atoms in total. The average molecular weight is 613 g/mol. The standard InChI is InChI=1S/C32H25FN4O4S2/c1-4-40-30(39)26-27(20-8-6-5-7-9-20)36-32-37(28(26)21-10-12-22(33)13-11-21)29(38)24(42-32)17-23-14-15-25(41-23)43-31-34-18(2)16-19(3)35-31/h5-17,28H,4H2,1-3H3/b24-17+/t28-/m1/s1. The lowest BCUT2D eigenvalue weighted by Crippen LogP contribution is -2.40. The van der Waals surface area contributed by atoms with Crippen molar-refractivity contribution in [2.45, 2.75) is 37.1 Å². The molecule has 0 saturated heterocycles. The van der Waals surface area contributed by atoms with Gasteiger partial charge in [0.1, 0.15) is 11.6 Å². The fraction of sp³-hybridized carbons (Fsp3) is 0.156. The van der Waals surface area contributed by atoms with Crippen LogP contribution in [-0.4, -0.2) is 27.1 Å². The number of aromatic nitrogens is 3. The minimum atomic E-state index is -0.891. The second-order valence-corrected chi connectivity index (χ2v) is 11.7. The second kappa shape index (κ2) is 11.9. The summed E-state index contributed by atoms with van der Waals surface area (Å²) in [5.41, 5.74) is 3.18. The lowest BCUT2D eigenvalue weighted by atomic mass is 9.93. The highest BCUT2D eigenvalue weighted by molar-refractivity contribution is 7.99. The fourth-order valence-corrected chi connectivity index (χ4v) is 6.64. The van der Waals surface area contributed by atoms with E-state index in [9.17, 15) is 14.0 Å². The van der Waals surface area contributed by atoms with Crippen molar-refractivity contribution in [1.82, 2.24) is 14.5 Å². The van der Waals surface area contributed by atoms with Gasteiger partial charge < -0.3 is 9.15 Å². The molecule has 11 heteroatoms. The zero-order valence-electron chi connectivity index (χ0n) is 23.4. The molecule has 3 aromatic heterocycles. The predicted molar refractivity (Wildman–Crippen MR) is 162 cm³/mol. The topological polar surface area (TPSA) is 99.6 Å². The number of ether oxygens (including phenoxy) is 1. The average Bonchev–Trinajstić information content (AvgIpc) is 3.55. The maximum absolute atomic E-state index is 14.0. The Morgan fingerprint density at radius 2 is 1.79 bits per heavy atom. The van der Waals surface area contributed by atoms with Gasteiger partial charge in [0, 0.05) is 23.0 Å². The van der Waals surface area contributed by atoms with Gasteiger partial charge in [0.05, 0.1) is 28.5 Å². The van der Waals surface area contributed by atoms with Crippen molar-refractivity contribution in [1.29, 1.82) is 0 Å². The van der Waals surface area contributed by atoms with Crippen molar-refractivity contribution in [2.24, 2.45) is 4.99 Å². The summed E-state index contributed by atoms with van der Waals surface area (Å²) in [6.45, 7) is 5.66. The summed E-state index contributed by atoms with van der Waals surface area (Å²) in [4.78, 5) is 41.5. The van der Waals surface area contributed by atoms with Crippen molar-refractivity contribution in [2.75, 3.05) is 6.61 Å². The van der Waals surface area contributed by atoms with Crippen LogP contribution in [0.15, 0.2) is 103 Å². The summed E-state index contributed by atoms with van der Waals surface area (Å²) in [5, 5.41) is 1.14. The van der Waals surface area contributed by atoms with Gasteiger partial charge in [-0.1, -0.05) is 53.8 Å². The number of hydrogen-bond acceptors (Lipinski definition) is 9. The maximum Gasteiger partial charge on any atom is 0.338 e. The minimum Gasteiger partial charge on any atom is -0.463 e. The number of rotatable bonds is 7. The Morgan fingerprint density at radius 1 is 1.07 bits per heavy atom. The Labute approximate surface area is 253 Å². The third kappa shape index (κ3) is 5.86. The van der Waals surface area contributed by atoms with Gasteiger partial charge in [0.25, 0.3) is 5.56 Å². The molecule has 1 aliphatic rings. The highest BCUT2D eigenvalue weighted by Crippen LogP contribution is 2.35. The molecule has 2 aromatic carbocycles. The van der Waals surface area contributed by atoms with E-state index < -0.39 is 17.8 Å². The molecule has 1 atom stereocenters. The number of benzene rings is 2. The number of carbonyl (C=O) groups is 1. The number of esters is 1. The van der Waals surface area contributed by atoms with Crippen molar-refractivity contribution < 1.29 is 18.3 Å². The molecule has 0 spiro atoms. The van der Waals surface area contributed by atoms with Gasteiger partial charge in [0.2, 0.25) is 0 Å². The van der Waals surface area contributed by atoms with Crippen molar-refractivity contribution in [3.05, 3.63) is 132 Å². The van der Waals surface area contributed by atoms with E-state index in [1.54, 1.807) is 37.3 Å². The van der Waals surface area contributed by atoms with Gasteiger partial charge >= 0.3 is 5.97 Å². The van der Waals surface area contributed by atoms with E-state index in [1.807, 2.05) is 50.2 Å². The first-order valence-corrected chi connectivity index (χ1v) is 15.1. The molecule has 0 aliphatic carbocycles. The predicted octanol–water partition coefficient (Wildman–Crippen LogP) is 5.23. The van der Waals surface area contributed by atoms with Crippen LogP contribution < -0.4 is 14.9 Å². The molecule has 0 unspecified atom stereocenters. The first-order valence-electron chi connectivity index (χ1n) is 13.4. The monoisotopic (exact) mass is 612 g/mol. The quantitative estimate of drug-likeness (QED) is 0.183. The molecular formula is C32H25FN4O4S2. The minimum absolute atomic E-state index is 0.136. The van der Waals surface area contributed by atoms with E-state index >= 15 is 0 Å². The smallest absolute Gasteiger partial charge is 0.338 e. The second-order valence-electron chi connectivity index (χ2n) is 9.68. The number of furan rings is 1. The Balaban J connectivity index is 1.50. The first-order chi connectivity index (χ1) is 20.8. The Hall–Kier alpha value is -4.61. The lowest BCUT2D eigenvalue weighted by Gasteiger charge is -2.25. The largest absolute Gasteiger partial charge is 0.463 e. The number of thiazole rings is 1. The molecule has 5 aromatic rings. The number of halogens is 1. The normalized spacial score (nSPS) is 14.9. The molecule has 0 bridgehead atoms. The zero-order valence-corrected chi connectivity index (χ0v) is 25.0. The number of aryl methyl sites for hydroxylation is 2. The first kappa shape index (κ1) is 28.5. The number of hydrogen-bond donors (Lipinski definition) is 0. The molecule has 0 amide bonds. The van der Waals surface area contributed by atoms with Crippen LogP contribution in [0.2, 0.25) is 0 Å². The third-order valence-electron chi connectivity index (χ3n) is 6.59. The van der Waals surface area contributed by atoms with Crippen LogP contribution >= 0.6 is 23.1 Å². The Morgan fingerprint density at radius 3 is 2.49 bits per heavy atom. The molecule has 0 N–H and O–H groups in total. The van der Waals surface area contributed by atoms with Crippen LogP contribution in [-0.2, 0) is 9.53 Å². The molecule has 1 aliphatic heterocycles. The number of nitrogens with zero attached hydrogens (tertiary/aromatic N) is 4.